The van der Waals surface area contributed by atoms with Crippen molar-refractivity contribution in [2.24, 2.45) is 0 Å². The molecule has 1 aliphatic rings. The number of anilines is 1. The Balaban J connectivity index is 1.64. The number of hydrogen-bond donors (Lipinski definition) is 0. The molecule has 144 valence electrons. The van der Waals surface area contributed by atoms with Crippen molar-refractivity contribution in [3.05, 3.63) is 53.6 Å². The molecule has 0 aromatic heterocycles. The maximum atomic E-state index is 11.7. The predicted octanol–water partition coefficient (Wildman–Crippen LogP) is 3.62. The number of nitrogens with zero attached hydrogens (tertiary/aromatic N) is 2. The number of ketones is 1. The molecule has 1 aliphatic heterocycles. The second-order valence-corrected chi connectivity index (χ2v) is 6.77. The third kappa shape index (κ3) is 4.80. The quantitative estimate of drug-likeness (QED) is 0.698. The van der Waals surface area contributed by atoms with Gasteiger partial charge in [0.15, 0.2) is 5.78 Å². The summed E-state index contributed by atoms with van der Waals surface area (Å²) in [6.45, 7) is 8.91. The molecule has 0 radical (unpaired) electrons. The van der Waals surface area contributed by atoms with E-state index in [1.54, 1.807) is 14.0 Å². The number of carbonyl (C=O) groups excluding carboxylic acids is 1. The van der Waals surface area contributed by atoms with E-state index in [9.17, 15) is 4.79 Å². The number of methoxy groups -OCH3 is 1. The van der Waals surface area contributed by atoms with Crippen molar-refractivity contribution in [3.63, 3.8) is 0 Å². The lowest BCUT2D eigenvalue weighted by Crippen LogP contribution is -2.46. The smallest absolute Gasteiger partial charge is 0.159 e. The third-order valence-electron chi connectivity index (χ3n) is 4.97. The molecule has 1 fully saturated rings. The molecule has 2 aromatic carbocycles. The molecule has 0 bridgehead atoms. The Morgan fingerprint density at radius 1 is 1.04 bits per heavy atom. The predicted molar refractivity (Wildman–Crippen MR) is 108 cm³/mol. The number of ether oxygens (including phenoxy) is 2. The number of hydrogen-bond acceptors (Lipinski definition) is 5. The number of benzene rings is 2. The Morgan fingerprint density at radius 3 is 2.33 bits per heavy atom. The van der Waals surface area contributed by atoms with Gasteiger partial charge in [0.25, 0.3) is 0 Å². The van der Waals surface area contributed by atoms with Crippen molar-refractivity contribution in [2.75, 3.05) is 44.8 Å². The van der Waals surface area contributed by atoms with Gasteiger partial charge in [0.05, 0.1) is 13.7 Å². The van der Waals surface area contributed by atoms with E-state index < -0.39 is 0 Å². The maximum absolute atomic E-state index is 11.7. The Morgan fingerprint density at radius 2 is 1.74 bits per heavy atom. The minimum atomic E-state index is 0.0867. The SMILES string of the molecule is CCOc1ccc(C(C)=O)cc1CN1CCN(c2ccc(OC)cc2)CC1. The Kier molecular flexibility index (Phi) is 6.35. The van der Waals surface area contributed by atoms with E-state index in [1.807, 2.05) is 37.3 Å². The number of piperazine rings is 1. The summed E-state index contributed by atoms with van der Waals surface area (Å²) in [6, 6.07) is 14.0. The lowest BCUT2D eigenvalue weighted by atomic mass is 10.1. The van der Waals surface area contributed by atoms with Crippen LogP contribution in [0.15, 0.2) is 42.5 Å². The fourth-order valence-electron chi connectivity index (χ4n) is 3.42. The molecular weight excluding hydrogens is 340 g/mol. The van der Waals surface area contributed by atoms with Gasteiger partial charge in [-0.15, -0.1) is 0 Å². The zero-order valence-electron chi connectivity index (χ0n) is 16.4. The first-order valence-electron chi connectivity index (χ1n) is 9.48. The monoisotopic (exact) mass is 368 g/mol. The fraction of sp³-hybridized carbons (Fsp3) is 0.409. The Bertz CT molecular complexity index is 766. The van der Waals surface area contributed by atoms with Crippen molar-refractivity contribution >= 4 is 11.5 Å². The highest BCUT2D eigenvalue weighted by Crippen LogP contribution is 2.25. The average molecular weight is 368 g/mol. The highest BCUT2D eigenvalue weighted by Gasteiger charge is 2.19. The molecule has 3 rings (SSSR count). The van der Waals surface area contributed by atoms with Gasteiger partial charge in [-0.05, 0) is 56.3 Å². The van der Waals surface area contributed by atoms with Gasteiger partial charge in [0.2, 0.25) is 0 Å². The summed E-state index contributed by atoms with van der Waals surface area (Å²) >= 11 is 0. The molecule has 0 spiro atoms. The zero-order valence-corrected chi connectivity index (χ0v) is 16.4. The van der Waals surface area contributed by atoms with Gasteiger partial charge in [0, 0.05) is 49.5 Å². The van der Waals surface area contributed by atoms with E-state index in [4.69, 9.17) is 9.47 Å². The van der Waals surface area contributed by atoms with Gasteiger partial charge in [-0.3, -0.25) is 9.69 Å². The minimum Gasteiger partial charge on any atom is -0.497 e. The number of carbonyl (C=O) groups is 1. The average Bonchev–Trinajstić information content (AvgIpc) is 2.70. The molecule has 27 heavy (non-hydrogen) atoms. The summed E-state index contributed by atoms with van der Waals surface area (Å²) in [5, 5.41) is 0. The second-order valence-electron chi connectivity index (χ2n) is 6.77. The maximum Gasteiger partial charge on any atom is 0.159 e. The molecule has 1 saturated heterocycles. The van der Waals surface area contributed by atoms with Crippen LogP contribution in [0.3, 0.4) is 0 Å². The molecule has 1 heterocycles. The van der Waals surface area contributed by atoms with Crippen LogP contribution in [0.25, 0.3) is 0 Å². The normalized spacial score (nSPS) is 14.9. The lowest BCUT2D eigenvalue weighted by molar-refractivity contribution is 0.101. The molecular formula is C22H28N2O3. The molecule has 2 aromatic rings. The summed E-state index contributed by atoms with van der Waals surface area (Å²) in [5.74, 6) is 1.84. The van der Waals surface area contributed by atoms with Crippen LogP contribution in [0.5, 0.6) is 11.5 Å². The zero-order chi connectivity index (χ0) is 19.2. The van der Waals surface area contributed by atoms with Crippen LogP contribution < -0.4 is 14.4 Å². The van der Waals surface area contributed by atoms with Gasteiger partial charge < -0.3 is 14.4 Å². The molecule has 0 N–H and O–H groups in total. The third-order valence-corrected chi connectivity index (χ3v) is 4.97. The number of Topliss-reactive ketones (excluding diaryl/α,β-unsaturated/α-hetero) is 1. The highest BCUT2D eigenvalue weighted by molar-refractivity contribution is 5.94. The van der Waals surface area contributed by atoms with Crippen molar-refractivity contribution in [2.45, 2.75) is 20.4 Å². The topological polar surface area (TPSA) is 42.0 Å². The second kappa shape index (κ2) is 8.91. The molecule has 0 saturated carbocycles. The van der Waals surface area contributed by atoms with Crippen LogP contribution in [0, 0.1) is 0 Å². The largest absolute Gasteiger partial charge is 0.497 e. The molecule has 0 aliphatic carbocycles. The van der Waals surface area contributed by atoms with E-state index in [-0.39, 0.29) is 5.78 Å². The van der Waals surface area contributed by atoms with E-state index >= 15 is 0 Å². The first-order valence-corrected chi connectivity index (χ1v) is 9.48. The van der Waals surface area contributed by atoms with E-state index in [2.05, 4.69) is 21.9 Å². The first-order chi connectivity index (χ1) is 13.1. The number of rotatable bonds is 7. The van der Waals surface area contributed by atoms with Crippen molar-refractivity contribution < 1.29 is 14.3 Å². The standard InChI is InChI=1S/C22H28N2O3/c1-4-27-22-10-5-18(17(2)25)15-19(22)16-23-11-13-24(14-12-23)20-6-8-21(26-3)9-7-20/h5-10,15H,4,11-14,16H2,1-3H3. The van der Waals surface area contributed by atoms with E-state index in [0.29, 0.717) is 6.61 Å². The van der Waals surface area contributed by atoms with Crippen LogP contribution in [0.4, 0.5) is 5.69 Å². The van der Waals surface area contributed by atoms with Gasteiger partial charge in [0.1, 0.15) is 11.5 Å². The van der Waals surface area contributed by atoms with Crippen LogP contribution in [-0.2, 0) is 6.54 Å². The van der Waals surface area contributed by atoms with E-state index in [0.717, 1.165) is 55.3 Å². The summed E-state index contributed by atoms with van der Waals surface area (Å²) in [5.41, 5.74) is 3.05. The van der Waals surface area contributed by atoms with Crippen molar-refractivity contribution in [1.82, 2.24) is 4.90 Å². The van der Waals surface area contributed by atoms with Crippen LogP contribution in [0.1, 0.15) is 29.8 Å². The molecule has 5 heteroatoms. The first kappa shape index (κ1) is 19.2. The summed E-state index contributed by atoms with van der Waals surface area (Å²) in [7, 11) is 1.69. The Labute approximate surface area is 161 Å². The summed E-state index contributed by atoms with van der Waals surface area (Å²) < 4.78 is 11.0. The van der Waals surface area contributed by atoms with Gasteiger partial charge >= 0.3 is 0 Å². The van der Waals surface area contributed by atoms with Crippen LogP contribution >= 0.6 is 0 Å². The lowest BCUT2D eigenvalue weighted by Gasteiger charge is -2.36. The van der Waals surface area contributed by atoms with Gasteiger partial charge in [-0.2, -0.15) is 0 Å². The minimum absolute atomic E-state index is 0.0867. The molecule has 0 atom stereocenters. The van der Waals surface area contributed by atoms with Crippen LogP contribution in [0.2, 0.25) is 0 Å². The fourth-order valence-corrected chi connectivity index (χ4v) is 3.42. The van der Waals surface area contributed by atoms with Crippen LogP contribution in [-0.4, -0.2) is 50.6 Å². The molecule has 0 unspecified atom stereocenters. The van der Waals surface area contributed by atoms with Gasteiger partial charge in [-0.25, -0.2) is 0 Å². The summed E-state index contributed by atoms with van der Waals surface area (Å²) in [6.07, 6.45) is 0. The molecule has 0 amide bonds. The van der Waals surface area contributed by atoms with Crippen molar-refractivity contribution in [1.29, 1.82) is 0 Å². The van der Waals surface area contributed by atoms with Gasteiger partial charge in [-0.1, -0.05) is 0 Å². The highest BCUT2D eigenvalue weighted by atomic mass is 16.5. The van der Waals surface area contributed by atoms with Crippen molar-refractivity contribution in [3.8, 4) is 11.5 Å². The van der Waals surface area contributed by atoms with E-state index in [1.165, 1.54) is 5.69 Å². The Hall–Kier alpha value is -2.53. The molecule has 5 nitrogen and oxygen atoms in total. The summed E-state index contributed by atoms with van der Waals surface area (Å²) in [4.78, 5) is 16.5.